The van der Waals surface area contributed by atoms with Crippen molar-refractivity contribution >= 4 is 15.9 Å². The normalized spacial score (nSPS) is 12.2. The lowest BCUT2D eigenvalue weighted by molar-refractivity contribution is 0.0956. The standard InChI is InChI=1S/C14H22N2O3S/c1-14(2,3)12-7-5-11(6-8-12)13(17)16-9-10-20(18,19)15-4/h5-8,15H,9-10H2,1-4H3,(H,16,17). The zero-order valence-corrected chi connectivity index (χ0v) is 13.2. The van der Waals surface area contributed by atoms with E-state index in [2.05, 4.69) is 30.8 Å². The molecule has 0 spiro atoms. The molecule has 0 aromatic heterocycles. The van der Waals surface area contributed by atoms with Gasteiger partial charge in [0.05, 0.1) is 5.75 Å². The zero-order chi connectivity index (χ0) is 15.4. The van der Waals surface area contributed by atoms with Crippen LogP contribution in [0.2, 0.25) is 0 Å². The molecule has 0 unspecified atom stereocenters. The maximum absolute atomic E-state index is 11.9. The van der Waals surface area contributed by atoms with Crippen molar-refractivity contribution in [3.8, 4) is 0 Å². The molecule has 1 amide bonds. The molecule has 0 atom stereocenters. The van der Waals surface area contributed by atoms with Crippen molar-refractivity contribution in [3.05, 3.63) is 35.4 Å². The van der Waals surface area contributed by atoms with Crippen molar-refractivity contribution in [3.63, 3.8) is 0 Å². The van der Waals surface area contributed by atoms with Crippen molar-refractivity contribution in [1.82, 2.24) is 10.0 Å². The topological polar surface area (TPSA) is 75.3 Å². The van der Waals surface area contributed by atoms with Gasteiger partial charge in [-0.05, 0) is 30.2 Å². The molecule has 0 saturated heterocycles. The lowest BCUT2D eigenvalue weighted by atomic mass is 9.87. The molecule has 1 aromatic rings. The van der Waals surface area contributed by atoms with Gasteiger partial charge >= 0.3 is 0 Å². The maximum atomic E-state index is 11.9. The van der Waals surface area contributed by atoms with Crippen molar-refractivity contribution < 1.29 is 13.2 Å². The maximum Gasteiger partial charge on any atom is 0.251 e. The molecule has 20 heavy (non-hydrogen) atoms. The summed E-state index contributed by atoms with van der Waals surface area (Å²) in [4.78, 5) is 11.9. The summed E-state index contributed by atoms with van der Waals surface area (Å²) in [6.07, 6.45) is 0. The van der Waals surface area contributed by atoms with Crippen LogP contribution in [0.3, 0.4) is 0 Å². The first-order valence-corrected chi connectivity index (χ1v) is 8.11. The summed E-state index contributed by atoms with van der Waals surface area (Å²) in [7, 11) is -1.94. The summed E-state index contributed by atoms with van der Waals surface area (Å²) in [6.45, 7) is 6.39. The molecule has 0 heterocycles. The summed E-state index contributed by atoms with van der Waals surface area (Å²) in [5.41, 5.74) is 1.71. The molecule has 6 heteroatoms. The summed E-state index contributed by atoms with van der Waals surface area (Å²) < 4.78 is 24.6. The highest BCUT2D eigenvalue weighted by Crippen LogP contribution is 2.22. The number of nitrogens with one attached hydrogen (secondary N) is 2. The molecular formula is C14H22N2O3S. The summed E-state index contributed by atoms with van der Waals surface area (Å²) in [5.74, 6) is -0.397. The van der Waals surface area contributed by atoms with Crippen molar-refractivity contribution in [1.29, 1.82) is 0 Å². The van der Waals surface area contributed by atoms with Gasteiger partial charge in [-0.15, -0.1) is 0 Å². The quantitative estimate of drug-likeness (QED) is 0.859. The van der Waals surface area contributed by atoms with Gasteiger partial charge in [0.2, 0.25) is 10.0 Å². The fourth-order valence-electron chi connectivity index (χ4n) is 1.62. The third-order valence-electron chi connectivity index (χ3n) is 2.98. The third kappa shape index (κ3) is 4.94. The van der Waals surface area contributed by atoms with Crippen LogP contribution in [0, 0.1) is 0 Å². The van der Waals surface area contributed by atoms with E-state index in [1.807, 2.05) is 12.1 Å². The summed E-state index contributed by atoms with van der Waals surface area (Å²) >= 11 is 0. The van der Waals surface area contributed by atoms with Gasteiger partial charge in [-0.1, -0.05) is 32.9 Å². The first-order valence-electron chi connectivity index (χ1n) is 6.46. The molecule has 0 radical (unpaired) electrons. The van der Waals surface area contributed by atoms with Gasteiger partial charge in [0, 0.05) is 12.1 Å². The number of benzene rings is 1. The van der Waals surface area contributed by atoms with E-state index in [9.17, 15) is 13.2 Å². The Bertz CT molecular complexity index is 557. The van der Waals surface area contributed by atoms with Gasteiger partial charge in [-0.2, -0.15) is 0 Å². The predicted molar refractivity (Wildman–Crippen MR) is 80.3 cm³/mol. The second kappa shape index (κ2) is 6.37. The van der Waals surface area contributed by atoms with Gasteiger partial charge in [0.25, 0.3) is 5.91 Å². The molecule has 5 nitrogen and oxygen atoms in total. The number of carbonyl (C=O) groups excluding carboxylic acids is 1. The molecule has 2 N–H and O–H groups in total. The van der Waals surface area contributed by atoms with Crippen LogP contribution in [0.15, 0.2) is 24.3 Å². The van der Waals surface area contributed by atoms with E-state index in [4.69, 9.17) is 0 Å². The van der Waals surface area contributed by atoms with Gasteiger partial charge in [0.15, 0.2) is 0 Å². The number of carbonyl (C=O) groups is 1. The van der Waals surface area contributed by atoms with Crippen LogP contribution in [-0.4, -0.2) is 33.7 Å². The van der Waals surface area contributed by atoms with Crippen LogP contribution >= 0.6 is 0 Å². The van der Waals surface area contributed by atoms with Gasteiger partial charge in [0.1, 0.15) is 0 Å². The number of hydrogen-bond acceptors (Lipinski definition) is 3. The fraction of sp³-hybridized carbons (Fsp3) is 0.500. The average molecular weight is 298 g/mol. The fourth-order valence-corrected chi connectivity index (χ4v) is 2.20. The van der Waals surface area contributed by atoms with E-state index in [0.29, 0.717) is 5.56 Å². The second-order valence-electron chi connectivity index (χ2n) is 5.61. The highest BCUT2D eigenvalue weighted by Gasteiger charge is 2.14. The Labute approximate surface area is 120 Å². The molecule has 0 aliphatic heterocycles. The highest BCUT2D eigenvalue weighted by molar-refractivity contribution is 7.89. The second-order valence-corrected chi connectivity index (χ2v) is 7.65. The van der Waals surface area contributed by atoms with Crippen LogP contribution in [0.5, 0.6) is 0 Å². The molecule has 0 saturated carbocycles. The van der Waals surface area contributed by atoms with E-state index in [1.54, 1.807) is 12.1 Å². The largest absolute Gasteiger partial charge is 0.351 e. The first kappa shape index (κ1) is 16.7. The highest BCUT2D eigenvalue weighted by atomic mass is 32.2. The van der Waals surface area contributed by atoms with E-state index in [-0.39, 0.29) is 23.6 Å². The monoisotopic (exact) mass is 298 g/mol. The number of sulfonamides is 1. The minimum Gasteiger partial charge on any atom is -0.351 e. The molecule has 1 rings (SSSR count). The smallest absolute Gasteiger partial charge is 0.251 e. The van der Waals surface area contributed by atoms with Crippen molar-refractivity contribution in [2.24, 2.45) is 0 Å². The minimum absolute atomic E-state index is 0.0376. The van der Waals surface area contributed by atoms with Crippen LogP contribution < -0.4 is 10.0 Å². The Hall–Kier alpha value is -1.40. The lowest BCUT2D eigenvalue weighted by Gasteiger charge is -2.19. The molecule has 0 aliphatic rings. The molecule has 1 aromatic carbocycles. The van der Waals surface area contributed by atoms with Gasteiger partial charge < -0.3 is 5.32 Å². The number of hydrogen-bond donors (Lipinski definition) is 2. The van der Waals surface area contributed by atoms with E-state index >= 15 is 0 Å². The minimum atomic E-state index is -3.29. The van der Waals surface area contributed by atoms with Crippen LogP contribution in [0.25, 0.3) is 0 Å². The lowest BCUT2D eigenvalue weighted by Crippen LogP contribution is -2.32. The van der Waals surface area contributed by atoms with Crippen LogP contribution in [0.4, 0.5) is 0 Å². The molecule has 0 bridgehead atoms. The summed E-state index contributed by atoms with van der Waals surface area (Å²) in [5, 5.41) is 2.59. The molecule has 0 fully saturated rings. The average Bonchev–Trinajstić information content (AvgIpc) is 2.37. The Kier molecular flexibility index (Phi) is 5.30. The Morgan fingerprint density at radius 2 is 1.70 bits per heavy atom. The van der Waals surface area contributed by atoms with E-state index < -0.39 is 10.0 Å². The first-order chi connectivity index (χ1) is 9.15. The van der Waals surface area contributed by atoms with E-state index in [0.717, 1.165) is 5.56 Å². The molecule has 112 valence electrons. The Morgan fingerprint density at radius 3 is 2.15 bits per heavy atom. The van der Waals surface area contributed by atoms with Crippen LogP contribution in [0.1, 0.15) is 36.7 Å². The molecule has 0 aliphatic carbocycles. The number of rotatable bonds is 5. The number of amides is 1. The zero-order valence-electron chi connectivity index (χ0n) is 12.4. The summed E-state index contributed by atoms with van der Waals surface area (Å²) in [6, 6.07) is 7.34. The van der Waals surface area contributed by atoms with E-state index in [1.165, 1.54) is 7.05 Å². The van der Waals surface area contributed by atoms with Gasteiger partial charge in [-0.25, -0.2) is 13.1 Å². The van der Waals surface area contributed by atoms with Crippen LogP contribution in [-0.2, 0) is 15.4 Å². The molecular weight excluding hydrogens is 276 g/mol. The SMILES string of the molecule is CNS(=O)(=O)CCNC(=O)c1ccc(C(C)(C)C)cc1. The Morgan fingerprint density at radius 1 is 1.15 bits per heavy atom. The Balaban J connectivity index is 2.61. The predicted octanol–water partition coefficient (Wildman–Crippen LogP) is 1.26. The van der Waals surface area contributed by atoms with Gasteiger partial charge in [-0.3, -0.25) is 4.79 Å². The third-order valence-corrected chi connectivity index (χ3v) is 4.34. The van der Waals surface area contributed by atoms with Crippen molar-refractivity contribution in [2.45, 2.75) is 26.2 Å². The van der Waals surface area contributed by atoms with Crippen molar-refractivity contribution in [2.75, 3.05) is 19.3 Å².